The van der Waals surface area contributed by atoms with Gasteiger partial charge in [-0.1, -0.05) is 36.4 Å². The first-order valence-corrected chi connectivity index (χ1v) is 5.76. The fraction of sp³-hybridized carbons (Fsp3) is 0. The van der Waals surface area contributed by atoms with Gasteiger partial charge in [0.15, 0.2) is 6.29 Å². The maximum atomic E-state index is 11.1. The second-order valence-electron chi connectivity index (χ2n) is 4.07. The van der Waals surface area contributed by atoms with Gasteiger partial charge in [-0.25, -0.2) is 0 Å². The Balaban J connectivity index is 2.12. The van der Waals surface area contributed by atoms with Crippen LogP contribution in [0.5, 0.6) is 0 Å². The SMILES string of the molecule is O=Cc1[nH]c2ccccc2c1Nc1ccccc1. The van der Waals surface area contributed by atoms with Gasteiger partial charge in [-0.15, -0.1) is 0 Å². The highest BCUT2D eigenvalue weighted by Crippen LogP contribution is 2.29. The molecular formula is C15H12N2O. The van der Waals surface area contributed by atoms with Gasteiger partial charge in [0, 0.05) is 16.6 Å². The van der Waals surface area contributed by atoms with Gasteiger partial charge in [-0.2, -0.15) is 0 Å². The molecular weight excluding hydrogens is 224 g/mol. The maximum Gasteiger partial charge on any atom is 0.168 e. The zero-order valence-electron chi connectivity index (χ0n) is 9.68. The number of para-hydroxylation sites is 2. The number of anilines is 2. The molecule has 0 radical (unpaired) electrons. The van der Waals surface area contributed by atoms with Crippen molar-refractivity contribution in [2.45, 2.75) is 0 Å². The van der Waals surface area contributed by atoms with Crippen LogP contribution in [0.4, 0.5) is 11.4 Å². The van der Waals surface area contributed by atoms with Crippen LogP contribution < -0.4 is 5.32 Å². The monoisotopic (exact) mass is 236 g/mol. The average Bonchev–Trinajstić information content (AvgIpc) is 2.78. The summed E-state index contributed by atoms with van der Waals surface area (Å²) < 4.78 is 0. The predicted octanol–water partition coefficient (Wildman–Crippen LogP) is 3.72. The standard InChI is InChI=1S/C15H12N2O/c18-10-14-15(16-11-6-2-1-3-7-11)12-8-4-5-9-13(12)17-14/h1-10,16-17H. The van der Waals surface area contributed by atoms with E-state index in [1.54, 1.807) is 0 Å². The second kappa shape index (κ2) is 4.37. The Morgan fingerprint density at radius 2 is 1.67 bits per heavy atom. The molecule has 0 saturated carbocycles. The molecule has 0 amide bonds. The summed E-state index contributed by atoms with van der Waals surface area (Å²) >= 11 is 0. The van der Waals surface area contributed by atoms with Crippen LogP contribution in [0.15, 0.2) is 54.6 Å². The molecule has 2 N–H and O–H groups in total. The first-order chi connectivity index (χ1) is 8.88. The molecule has 2 aromatic carbocycles. The fourth-order valence-electron chi connectivity index (χ4n) is 2.05. The third kappa shape index (κ3) is 1.76. The predicted molar refractivity (Wildman–Crippen MR) is 73.4 cm³/mol. The molecule has 18 heavy (non-hydrogen) atoms. The molecule has 1 heterocycles. The number of H-pyrrole nitrogens is 1. The van der Waals surface area contributed by atoms with Crippen molar-refractivity contribution in [3.63, 3.8) is 0 Å². The number of fused-ring (bicyclic) bond motifs is 1. The summed E-state index contributed by atoms with van der Waals surface area (Å²) in [7, 11) is 0. The van der Waals surface area contributed by atoms with Gasteiger partial charge in [0.2, 0.25) is 0 Å². The molecule has 0 aliphatic heterocycles. The number of carbonyl (C=O) groups is 1. The molecule has 0 spiro atoms. The molecule has 3 rings (SSSR count). The van der Waals surface area contributed by atoms with Crippen LogP contribution in [-0.4, -0.2) is 11.3 Å². The lowest BCUT2D eigenvalue weighted by atomic mass is 10.2. The Morgan fingerprint density at radius 3 is 2.44 bits per heavy atom. The van der Waals surface area contributed by atoms with Crippen molar-refractivity contribution in [3.8, 4) is 0 Å². The van der Waals surface area contributed by atoms with Gasteiger partial charge >= 0.3 is 0 Å². The normalized spacial score (nSPS) is 10.4. The van der Waals surface area contributed by atoms with Crippen molar-refractivity contribution >= 4 is 28.6 Å². The highest BCUT2D eigenvalue weighted by atomic mass is 16.1. The molecule has 0 fully saturated rings. The Hall–Kier alpha value is -2.55. The largest absolute Gasteiger partial charge is 0.353 e. The molecule has 0 aliphatic rings. The molecule has 3 heteroatoms. The van der Waals surface area contributed by atoms with Crippen molar-refractivity contribution in [3.05, 3.63) is 60.3 Å². The summed E-state index contributed by atoms with van der Waals surface area (Å²) in [5, 5.41) is 4.30. The van der Waals surface area contributed by atoms with Crippen molar-refractivity contribution in [2.24, 2.45) is 0 Å². The topological polar surface area (TPSA) is 44.9 Å². The zero-order chi connectivity index (χ0) is 12.4. The lowest BCUT2D eigenvalue weighted by molar-refractivity contribution is 0.112. The number of carbonyl (C=O) groups excluding carboxylic acids is 1. The number of aromatic nitrogens is 1. The Labute approximate surface area is 104 Å². The highest BCUT2D eigenvalue weighted by Gasteiger charge is 2.10. The van der Waals surface area contributed by atoms with E-state index in [1.165, 1.54) is 0 Å². The molecule has 0 aliphatic carbocycles. The summed E-state index contributed by atoms with van der Waals surface area (Å²) in [6.45, 7) is 0. The zero-order valence-corrected chi connectivity index (χ0v) is 9.68. The van der Waals surface area contributed by atoms with Gasteiger partial charge < -0.3 is 10.3 Å². The van der Waals surface area contributed by atoms with Crippen molar-refractivity contribution in [2.75, 3.05) is 5.32 Å². The van der Waals surface area contributed by atoms with Crippen molar-refractivity contribution in [1.82, 2.24) is 4.98 Å². The molecule has 0 unspecified atom stereocenters. The van der Waals surface area contributed by atoms with Crippen LogP contribution >= 0.6 is 0 Å². The minimum Gasteiger partial charge on any atom is -0.353 e. The fourth-order valence-corrected chi connectivity index (χ4v) is 2.05. The first-order valence-electron chi connectivity index (χ1n) is 5.76. The first kappa shape index (κ1) is 10.6. The Bertz CT molecular complexity index is 686. The number of aldehydes is 1. The summed E-state index contributed by atoms with van der Waals surface area (Å²) in [6.07, 6.45) is 0.839. The van der Waals surface area contributed by atoms with Crippen LogP contribution in [0.25, 0.3) is 10.9 Å². The quantitative estimate of drug-likeness (QED) is 0.681. The number of aromatic amines is 1. The van der Waals surface area contributed by atoms with Gasteiger partial charge in [-0.3, -0.25) is 4.79 Å². The lowest BCUT2D eigenvalue weighted by Crippen LogP contribution is -1.92. The number of nitrogens with one attached hydrogen (secondary N) is 2. The highest BCUT2D eigenvalue weighted by molar-refractivity contribution is 6.03. The van der Waals surface area contributed by atoms with Crippen LogP contribution in [-0.2, 0) is 0 Å². The van der Waals surface area contributed by atoms with E-state index in [2.05, 4.69) is 10.3 Å². The van der Waals surface area contributed by atoms with E-state index in [0.717, 1.165) is 28.6 Å². The van der Waals surface area contributed by atoms with E-state index in [1.807, 2.05) is 54.6 Å². The molecule has 88 valence electrons. The third-order valence-electron chi connectivity index (χ3n) is 2.90. The van der Waals surface area contributed by atoms with Gasteiger partial charge in [0.25, 0.3) is 0 Å². The van der Waals surface area contributed by atoms with Gasteiger partial charge in [0.05, 0.1) is 5.69 Å². The van der Waals surface area contributed by atoms with Crippen LogP contribution in [0.2, 0.25) is 0 Å². The second-order valence-corrected chi connectivity index (χ2v) is 4.07. The van der Waals surface area contributed by atoms with E-state index in [9.17, 15) is 4.79 Å². The summed E-state index contributed by atoms with van der Waals surface area (Å²) in [4.78, 5) is 14.2. The number of rotatable bonds is 3. The Kier molecular flexibility index (Phi) is 2.57. The molecule has 1 aromatic heterocycles. The van der Waals surface area contributed by atoms with E-state index < -0.39 is 0 Å². The average molecular weight is 236 g/mol. The maximum absolute atomic E-state index is 11.1. The molecule has 3 nitrogen and oxygen atoms in total. The summed E-state index contributed by atoms with van der Waals surface area (Å²) in [5.74, 6) is 0. The van der Waals surface area contributed by atoms with Crippen molar-refractivity contribution < 1.29 is 4.79 Å². The van der Waals surface area contributed by atoms with E-state index >= 15 is 0 Å². The van der Waals surface area contributed by atoms with E-state index in [-0.39, 0.29) is 0 Å². The van der Waals surface area contributed by atoms with E-state index in [4.69, 9.17) is 0 Å². The molecule has 0 saturated heterocycles. The van der Waals surface area contributed by atoms with Crippen molar-refractivity contribution in [1.29, 1.82) is 0 Å². The van der Waals surface area contributed by atoms with Gasteiger partial charge in [-0.05, 0) is 18.2 Å². The smallest absolute Gasteiger partial charge is 0.168 e. The van der Waals surface area contributed by atoms with E-state index in [0.29, 0.717) is 5.69 Å². The minimum atomic E-state index is 0.569. The van der Waals surface area contributed by atoms with Gasteiger partial charge in [0.1, 0.15) is 5.69 Å². The number of hydrogen-bond acceptors (Lipinski definition) is 2. The number of benzene rings is 2. The van der Waals surface area contributed by atoms with Crippen LogP contribution in [0.1, 0.15) is 10.5 Å². The lowest BCUT2D eigenvalue weighted by Gasteiger charge is -2.05. The molecule has 0 atom stereocenters. The minimum absolute atomic E-state index is 0.569. The third-order valence-corrected chi connectivity index (χ3v) is 2.90. The van der Waals surface area contributed by atoms with Crippen LogP contribution in [0.3, 0.4) is 0 Å². The number of hydrogen-bond donors (Lipinski definition) is 2. The molecule has 0 bridgehead atoms. The Morgan fingerprint density at radius 1 is 0.944 bits per heavy atom. The van der Waals surface area contributed by atoms with Crippen LogP contribution in [0, 0.1) is 0 Å². The summed E-state index contributed by atoms with van der Waals surface area (Å²) in [6, 6.07) is 17.7. The molecule has 3 aromatic rings. The summed E-state index contributed by atoms with van der Waals surface area (Å²) in [5.41, 5.74) is 3.32.